The van der Waals surface area contributed by atoms with Crippen LogP contribution in [0.5, 0.6) is 5.75 Å². The molecule has 0 radical (unpaired) electrons. The van der Waals surface area contributed by atoms with E-state index >= 15 is 0 Å². The second-order valence-electron chi connectivity index (χ2n) is 6.26. The van der Waals surface area contributed by atoms with Crippen LogP contribution in [0.25, 0.3) is 22.4 Å². The normalized spacial score (nSPS) is 11.1. The van der Waals surface area contributed by atoms with Crippen LogP contribution < -0.4 is 10.4 Å². The van der Waals surface area contributed by atoms with Crippen molar-refractivity contribution in [1.82, 2.24) is 15.2 Å². The molecule has 0 amide bonds. The predicted octanol–water partition coefficient (Wildman–Crippen LogP) is 4.44. The lowest BCUT2D eigenvalue weighted by Crippen LogP contribution is -2.00. The first-order chi connectivity index (χ1) is 13.7. The van der Waals surface area contributed by atoms with E-state index in [2.05, 4.69) is 34.2 Å². The fourth-order valence-corrected chi connectivity index (χ4v) is 3.73. The highest BCUT2D eigenvalue weighted by atomic mass is 32.2. The van der Waals surface area contributed by atoms with Gasteiger partial charge in [-0.15, -0.1) is 5.10 Å². The van der Waals surface area contributed by atoms with E-state index in [1.807, 2.05) is 24.3 Å². The van der Waals surface area contributed by atoms with Crippen LogP contribution in [0.2, 0.25) is 0 Å². The minimum absolute atomic E-state index is 0.386. The van der Waals surface area contributed by atoms with Crippen LogP contribution in [0.15, 0.2) is 62.9 Å². The number of H-pyrrole nitrogens is 1. The molecule has 0 aliphatic heterocycles. The summed E-state index contributed by atoms with van der Waals surface area (Å²) in [4.78, 5) is 16.5. The molecule has 1 N–H and O–H groups in total. The molecule has 2 heterocycles. The fourth-order valence-electron chi connectivity index (χ4n) is 2.94. The Kier molecular flexibility index (Phi) is 5.16. The molecule has 0 atom stereocenters. The van der Waals surface area contributed by atoms with Gasteiger partial charge in [0, 0.05) is 28.8 Å². The Bertz CT molecular complexity index is 1170. The first kappa shape index (κ1) is 18.3. The lowest BCUT2D eigenvalue weighted by molar-refractivity contribution is 0.414. The number of aromatic amines is 1. The summed E-state index contributed by atoms with van der Waals surface area (Å²) in [7, 11) is 1.58. The third-order valence-corrected chi connectivity index (χ3v) is 5.39. The summed E-state index contributed by atoms with van der Waals surface area (Å²) in [6.07, 6.45) is 1.00. The predicted molar refractivity (Wildman–Crippen MR) is 110 cm³/mol. The third kappa shape index (κ3) is 3.80. The lowest BCUT2D eigenvalue weighted by Gasteiger charge is -2.05. The molecule has 28 heavy (non-hydrogen) atoms. The SMILES string of the molecule is CCc1ccc(-c2nc(SCc3cc(=O)oc4cc(OC)ccc34)n[nH]2)cc1. The van der Waals surface area contributed by atoms with Crippen molar-refractivity contribution in [3.8, 4) is 17.1 Å². The van der Waals surface area contributed by atoms with E-state index < -0.39 is 0 Å². The van der Waals surface area contributed by atoms with Crippen LogP contribution >= 0.6 is 11.8 Å². The zero-order valence-corrected chi connectivity index (χ0v) is 16.4. The van der Waals surface area contributed by atoms with E-state index in [9.17, 15) is 4.79 Å². The van der Waals surface area contributed by atoms with Gasteiger partial charge in [-0.05, 0) is 29.7 Å². The molecule has 0 bridgehead atoms. The number of fused-ring (bicyclic) bond motifs is 1. The van der Waals surface area contributed by atoms with E-state index in [1.165, 1.54) is 23.4 Å². The zero-order valence-electron chi connectivity index (χ0n) is 15.6. The minimum atomic E-state index is -0.386. The number of aromatic nitrogens is 3. The molecule has 0 aliphatic rings. The number of ether oxygens (including phenoxy) is 1. The molecule has 4 aromatic rings. The van der Waals surface area contributed by atoms with Crippen molar-refractivity contribution < 1.29 is 9.15 Å². The van der Waals surface area contributed by atoms with E-state index in [0.29, 0.717) is 22.2 Å². The lowest BCUT2D eigenvalue weighted by atomic mass is 10.1. The monoisotopic (exact) mass is 393 g/mol. The molecule has 0 fully saturated rings. The Morgan fingerprint density at radius 1 is 1.14 bits per heavy atom. The molecule has 0 saturated heterocycles. The Labute approximate surface area is 166 Å². The highest BCUT2D eigenvalue weighted by Crippen LogP contribution is 2.28. The van der Waals surface area contributed by atoms with E-state index in [4.69, 9.17) is 9.15 Å². The summed E-state index contributed by atoms with van der Waals surface area (Å²) in [6, 6.07) is 15.2. The first-order valence-corrected chi connectivity index (χ1v) is 9.90. The van der Waals surface area contributed by atoms with Gasteiger partial charge >= 0.3 is 5.63 Å². The van der Waals surface area contributed by atoms with Gasteiger partial charge in [-0.3, -0.25) is 5.10 Å². The van der Waals surface area contributed by atoms with Crippen LogP contribution in [0.3, 0.4) is 0 Å². The number of nitrogens with one attached hydrogen (secondary N) is 1. The zero-order chi connectivity index (χ0) is 19.5. The van der Waals surface area contributed by atoms with Crippen LogP contribution in [0, 0.1) is 0 Å². The number of hydrogen-bond acceptors (Lipinski definition) is 6. The van der Waals surface area contributed by atoms with E-state index in [-0.39, 0.29) is 5.63 Å². The molecular weight excluding hydrogens is 374 g/mol. The molecule has 0 aliphatic carbocycles. The third-order valence-electron chi connectivity index (χ3n) is 4.49. The molecule has 6 nitrogen and oxygen atoms in total. The van der Waals surface area contributed by atoms with Gasteiger partial charge in [-0.2, -0.15) is 0 Å². The topological polar surface area (TPSA) is 81.0 Å². The number of aryl methyl sites for hydroxylation is 1. The van der Waals surface area contributed by atoms with Gasteiger partial charge in [0.1, 0.15) is 11.3 Å². The smallest absolute Gasteiger partial charge is 0.336 e. The van der Waals surface area contributed by atoms with Crippen molar-refractivity contribution in [2.24, 2.45) is 0 Å². The second kappa shape index (κ2) is 7.90. The van der Waals surface area contributed by atoms with Gasteiger partial charge in [0.05, 0.1) is 7.11 Å². The van der Waals surface area contributed by atoms with Crippen molar-refractivity contribution >= 4 is 22.7 Å². The Balaban J connectivity index is 1.55. The molecule has 142 valence electrons. The van der Waals surface area contributed by atoms with Gasteiger partial charge < -0.3 is 9.15 Å². The van der Waals surface area contributed by atoms with Gasteiger partial charge in [0.25, 0.3) is 0 Å². The average Bonchev–Trinajstić information content (AvgIpc) is 3.20. The minimum Gasteiger partial charge on any atom is -0.497 e. The molecule has 7 heteroatoms. The van der Waals surface area contributed by atoms with Crippen molar-refractivity contribution in [3.05, 3.63) is 70.1 Å². The molecule has 0 unspecified atom stereocenters. The summed E-state index contributed by atoms with van der Waals surface area (Å²) >= 11 is 1.46. The summed E-state index contributed by atoms with van der Waals surface area (Å²) in [6.45, 7) is 2.13. The number of nitrogens with zero attached hydrogens (tertiary/aromatic N) is 2. The first-order valence-electron chi connectivity index (χ1n) is 8.91. The number of hydrogen-bond donors (Lipinski definition) is 1. The van der Waals surface area contributed by atoms with Crippen LogP contribution in [-0.2, 0) is 12.2 Å². The fraction of sp³-hybridized carbons (Fsp3) is 0.190. The quantitative estimate of drug-likeness (QED) is 0.385. The number of rotatable bonds is 6. The molecule has 2 aromatic carbocycles. The van der Waals surface area contributed by atoms with Crippen molar-refractivity contribution in [2.45, 2.75) is 24.3 Å². The highest BCUT2D eigenvalue weighted by Gasteiger charge is 2.11. The maximum atomic E-state index is 11.9. The summed E-state index contributed by atoms with van der Waals surface area (Å²) < 4.78 is 10.5. The van der Waals surface area contributed by atoms with Gasteiger partial charge in [0.15, 0.2) is 5.82 Å². The van der Waals surface area contributed by atoms with Gasteiger partial charge in [0.2, 0.25) is 5.16 Å². The van der Waals surface area contributed by atoms with E-state index in [0.717, 1.165) is 28.8 Å². The maximum Gasteiger partial charge on any atom is 0.336 e. The molecule has 2 aromatic heterocycles. The number of benzene rings is 2. The number of thioether (sulfide) groups is 1. The standard InChI is InChI=1S/C21H19N3O3S/c1-3-13-4-6-14(7-5-13)20-22-21(24-23-20)28-12-15-10-19(25)27-18-11-16(26-2)8-9-17(15)18/h4-11H,3,12H2,1-2H3,(H,22,23,24). The summed E-state index contributed by atoms with van der Waals surface area (Å²) in [5.41, 5.74) is 3.27. The molecule has 4 rings (SSSR count). The van der Waals surface area contributed by atoms with Crippen molar-refractivity contribution in [1.29, 1.82) is 0 Å². The van der Waals surface area contributed by atoms with Gasteiger partial charge in [-0.25, -0.2) is 9.78 Å². The van der Waals surface area contributed by atoms with Crippen molar-refractivity contribution in [3.63, 3.8) is 0 Å². The largest absolute Gasteiger partial charge is 0.497 e. The van der Waals surface area contributed by atoms with Crippen molar-refractivity contribution in [2.75, 3.05) is 7.11 Å². The van der Waals surface area contributed by atoms with Crippen LogP contribution in [0.4, 0.5) is 0 Å². The molecular formula is C21H19N3O3S. The van der Waals surface area contributed by atoms with Crippen LogP contribution in [0.1, 0.15) is 18.1 Å². The summed E-state index contributed by atoms with van der Waals surface area (Å²) in [5.74, 6) is 1.93. The van der Waals surface area contributed by atoms with E-state index in [1.54, 1.807) is 13.2 Å². The molecule has 0 saturated carbocycles. The Morgan fingerprint density at radius 3 is 2.71 bits per heavy atom. The van der Waals surface area contributed by atoms with Gasteiger partial charge in [-0.1, -0.05) is 43.0 Å². The second-order valence-corrected chi connectivity index (χ2v) is 7.20. The van der Waals surface area contributed by atoms with Crippen LogP contribution in [-0.4, -0.2) is 22.3 Å². The Morgan fingerprint density at radius 2 is 1.96 bits per heavy atom. The number of methoxy groups -OCH3 is 1. The molecule has 0 spiro atoms. The maximum absolute atomic E-state index is 11.9. The highest BCUT2D eigenvalue weighted by molar-refractivity contribution is 7.98. The average molecular weight is 393 g/mol. The summed E-state index contributed by atoms with van der Waals surface area (Å²) in [5, 5.41) is 8.77. The Hall–Kier alpha value is -3.06.